The molecule has 4 nitrogen and oxygen atoms in total. The van der Waals surface area contributed by atoms with E-state index in [1.807, 2.05) is 26.8 Å². The van der Waals surface area contributed by atoms with Gasteiger partial charge in [-0.2, -0.15) is 0 Å². The fourth-order valence-corrected chi connectivity index (χ4v) is 1.91. The van der Waals surface area contributed by atoms with Crippen molar-refractivity contribution >= 4 is 17.4 Å². The van der Waals surface area contributed by atoms with E-state index in [1.54, 1.807) is 18.2 Å². The van der Waals surface area contributed by atoms with Gasteiger partial charge in [-0.1, -0.05) is 12.1 Å². The third-order valence-corrected chi connectivity index (χ3v) is 2.73. The standard InChI is InChI=1S/C14H17NO3/c1-14(2,3)18-9-8-15-11-7-5-4-6-10(11)12(16)13(15)17/h4-7H,8-9H2,1-3H3. The maximum atomic E-state index is 11.8. The second-order valence-electron chi connectivity index (χ2n) is 5.26. The zero-order valence-corrected chi connectivity index (χ0v) is 10.9. The maximum absolute atomic E-state index is 11.8. The molecule has 0 atom stereocenters. The van der Waals surface area contributed by atoms with Gasteiger partial charge < -0.3 is 9.64 Å². The lowest BCUT2D eigenvalue weighted by atomic mass is 10.1. The van der Waals surface area contributed by atoms with Crippen LogP contribution in [0.1, 0.15) is 31.1 Å². The fourth-order valence-electron chi connectivity index (χ4n) is 1.91. The normalized spacial score (nSPS) is 15.2. The average Bonchev–Trinajstić information content (AvgIpc) is 2.53. The van der Waals surface area contributed by atoms with Crippen LogP contribution in [0.5, 0.6) is 0 Å². The Morgan fingerprint density at radius 1 is 1.17 bits per heavy atom. The van der Waals surface area contributed by atoms with Gasteiger partial charge in [-0.05, 0) is 32.9 Å². The van der Waals surface area contributed by atoms with Crippen LogP contribution in [0.25, 0.3) is 0 Å². The summed E-state index contributed by atoms with van der Waals surface area (Å²) in [4.78, 5) is 25.1. The third-order valence-electron chi connectivity index (χ3n) is 2.73. The van der Waals surface area contributed by atoms with Crippen molar-refractivity contribution in [2.24, 2.45) is 0 Å². The number of hydrogen-bond acceptors (Lipinski definition) is 3. The number of nitrogens with zero attached hydrogens (tertiary/aromatic N) is 1. The quantitative estimate of drug-likeness (QED) is 0.768. The molecule has 1 aromatic rings. The highest BCUT2D eigenvalue weighted by atomic mass is 16.5. The molecule has 0 fully saturated rings. The number of rotatable bonds is 3. The summed E-state index contributed by atoms with van der Waals surface area (Å²) in [6, 6.07) is 7.05. The summed E-state index contributed by atoms with van der Waals surface area (Å²) in [5, 5.41) is 0. The molecule has 0 bridgehead atoms. The van der Waals surface area contributed by atoms with E-state index < -0.39 is 11.7 Å². The maximum Gasteiger partial charge on any atom is 0.299 e. The second kappa shape index (κ2) is 4.53. The number of amides is 1. The van der Waals surface area contributed by atoms with Gasteiger partial charge in [0.25, 0.3) is 11.7 Å². The van der Waals surface area contributed by atoms with Crippen LogP contribution in [-0.2, 0) is 9.53 Å². The molecule has 18 heavy (non-hydrogen) atoms. The molecule has 1 aromatic carbocycles. The third kappa shape index (κ3) is 2.43. The van der Waals surface area contributed by atoms with Crippen LogP contribution < -0.4 is 4.90 Å². The summed E-state index contributed by atoms with van der Waals surface area (Å²) in [5.74, 6) is -0.893. The Bertz CT molecular complexity index is 488. The van der Waals surface area contributed by atoms with Gasteiger partial charge in [0.05, 0.1) is 23.5 Å². The van der Waals surface area contributed by atoms with Crippen molar-refractivity contribution < 1.29 is 14.3 Å². The van der Waals surface area contributed by atoms with Gasteiger partial charge in [0.15, 0.2) is 0 Å². The summed E-state index contributed by atoms with van der Waals surface area (Å²) in [7, 11) is 0. The summed E-state index contributed by atoms with van der Waals surface area (Å²) in [6.45, 7) is 6.68. The molecule has 96 valence electrons. The number of carbonyl (C=O) groups excluding carboxylic acids is 2. The number of Topliss-reactive ketones (excluding diaryl/α,β-unsaturated/α-hetero) is 1. The highest BCUT2D eigenvalue weighted by Gasteiger charge is 2.35. The molecule has 0 saturated carbocycles. The van der Waals surface area contributed by atoms with Crippen molar-refractivity contribution in [2.75, 3.05) is 18.1 Å². The number of fused-ring (bicyclic) bond motifs is 1. The van der Waals surface area contributed by atoms with Crippen molar-refractivity contribution in [3.63, 3.8) is 0 Å². The number of para-hydroxylation sites is 1. The van der Waals surface area contributed by atoms with Gasteiger partial charge in [0, 0.05) is 6.54 Å². The fraction of sp³-hybridized carbons (Fsp3) is 0.429. The lowest BCUT2D eigenvalue weighted by molar-refractivity contribution is -0.114. The first kappa shape index (κ1) is 12.8. The van der Waals surface area contributed by atoms with E-state index in [0.29, 0.717) is 24.4 Å². The van der Waals surface area contributed by atoms with E-state index in [4.69, 9.17) is 4.74 Å². The number of ketones is 1. The number of carbonyl (C=O) groups is 2. The van der Waals surface area contributed by atoms with E-state index >= 15 is 0 Å². The SMILES string of the molecule is CC(C)(C)OCCN1C(=O)C(=O)c2ccccc21. The Morgan fingerprint density at radius 2 is 1.83 bits per heavy atom. The molecule has 1 amide bonds. The predicted molar refractivity (Wildman–Crippen MR) is 68.8 cm³/mol. The Morgan fingerprint density at radius 3 is 2.50 bits per heavy atom. The number of anilines is 1. The topological polar surface area (TPSA) is 46.6 Å². The lowest BCUT2D eigenvalue weighted by Gasteiger charge is -2.22. The number of benzene rings is 1. The molecule has 0 spiro atoms. The molecule has 1 aliphatic heterocycles. The molecule has 0 radical (unpaired) electrons. The zero-order chi connectivity index (χ0) is 13.3. The molecule has 2 rings (SSSR count). The molecule has 0 aromatic heterocycles. The van der Waals surface area contributed by atoms with E-state index in [0.717, 1.165) is 0 Å². The molecule has 0 N–H and O–H groups in total. The van der Waals surface area contributed by atoms with Gasteiger partial charge in [-0.25, -0.2) is 0 Å². The first-order valence-corrected chi connectivity index (χ1v) is 5.99. The minimum absolute atomic E-state index is 0.244. The second-order valence-corrected chi connectivity index (χ2v) is 5.26. The minimum atomic E-state index is -0.464. The molecular weight excluding hydrogens is 230 g/mol. The van der Waals surface area contributed by atoms with Crippen LogP contribution in [0.15, 0.2) is 24.3 Å². The van der Waals surface area contributed by atoms with E-state index in [2.05, 4.69) is 0 Å². The Labute approximate surface area is 107 Å². The van der Waals surface area contributed by atoms with Crippen molar-refractivity contribution in [3.8, 4) is 0 Å². The lowest BCUT2D eigenvalue weighted by Crippen LogP contribution is -2.34. The predicted octanol–water partition coefficient (Wildman–Crippen LogP) is 2.03. The number of ether oxygens (including phenoxy) is 1. The van der Waals surface area contributed by atoms with Gasteiger partial charge >= 0.3 is 0 Å². The van der Waals surface area contributed by atoms with Crippen LogP contribution in [0.4, 0.5) is 5.69 Å². The molecule has 0 aliphatic carbocycles. The average molecular weight is 247 g/mol. The first-order chi connectivity index (χ1) is 8.40. The number of hydrogen-bond donors (Lipinski definition) is 0. The largest absolute Gasteiger partial charge is 0.374 e. The van der Waals surface area contributed by atoms with E-state index in [1.165, 1.54) is 4.90 Å². The van der Waals surface area contributed by atoms with Crippen LogP contribution >= 0.6 is 0 Å². The Balaban J connectivity index is 2.10. The smallest absolute Gasteiger partial charge is 0.299 e. The summed E-state index contributed by atoms with van der Waals surface area (Å²) >= 11 is 0. The van der Waals surface area contributed by atoms with Gasteiger partial charge in [-0.15, -0.1) is 0 Å². The van der Waals surface area contributed by atoms with Crippen molar-refractivity contribution in [2.45, 2.75) is 26.4 Å². The van der Waals surface area contributed by atoms with E-state index in [-0.39, 0.29) is 5.60 Å². The van der Waals surface area contributed by atoms with Gasteiger partial charge in [-0.3, -0.25) is 9.59 Å². The van der Waals surface area contributed by atoms with E-state index in [9.17, 15) is 9.59 Å². The molecule has 1 heterocycles. The van der Waals surface area contributed by atoms with Gasteiger partial charge in [0.1, 0.15) is 0 Å². The van der Waals surface area contributed by atoms with Crippen molar-refractivity contribution in [3.05, 3.63) is 29.8 Å². The Kier molecular flexibility index (Phi) is 3.22. The van der Waals surface area contributed by atoms with Crippen molar-refractivity contribution in [1.82, 2.24) is 0 Å². The molecular formula is C14H17NO3. The minimum Gasteiger partial charge on any atom is -0.374 e. The molecule has 1 aliphatic rings. The zero-order valence-electron chi connectivity index (χ0n) is 10.9. The molecule has 0 saturated heterocycles. The van der Waals surface area contributed by atoms with Crippen LogP contribution in [0.2, 0.25) is 0 Å². The molecule has 4 heteroatoms. The highest BCUT2D eigenvalue weighted by Crippen LogP contribution is 2.28. The highest BCUT2D eigenvalue weighted by molar-refractivity contribution is 6.52. The first-order valence-electron chi connectivity index (χ1n) is 5.99. The summed E-state index contributed by atoms with van der Waals surface area (Å²) < 4.78 is 5.58. The van der Waals surface area contributed by atoms with Crippen LogP contribution in [0, 0.1) is 0 Å². The monoisotopic (exact) mass is 247 g/mol. The Hall–Kier alpha value is -1.68. The van der Waals surface area contributed by atoms with Gasteiger partial charge in [0.2, 0.25) is 0 Å². The molecule has 0 unspecified atom stereocenters. The van der Waals surface area contributed by atoms with Crippen LogP contribution in [0.3, 0.4) is 0 Å². The van der Waals surface area contributed by atoms with Crippen molar-refractivity contribution in [1.29, 1.82) is 0 Å². The summed E-state index contributed by atoms with van der Waals surface area (Å²) in [5.41, 5.74) is 0.926. The summed E-state index contributed by atoms with van der Waals surface area (Å²) in [6.07, 6.45) is 0. The van der Waals surface area contributed by atoms with Crippen LogP contribution in [-0.4, -0.2) is 30.4 Å².